The van der Waals surface area contributed by atoms with E-state index in [-0.39, 0.29) is 5.69 Å². The van der Waals surface area contributed by atoms with Gasteiger partial charge in [-0.1, -0.05) is 30.3 Å². The quantitative estimate of drug-likeness (QED) is 0.254. The lowest BCUT2D eigenvalue weighted by Crippen LogP contribution is -1.94. The third-order valence-corrected chi connectivity index (χ3v) is 4.54. The van der Waals surface area contributed by atoms with Gasteiger partial charge in [-0.3, -0.25) is 15.1 Å². The lowest BCUT2D eigenvalue weighted by molar-refractivity contribution is -0.384. The van der Waals surface area contributed by atoms with Crippen molar-refractivity contribution in [1.29, 1.82) is 0 Å². The molecule has 0 aliphatic heterocycles. The minimum atomic E-state index is -0.420. The highest BCUT2D eigenvalue weighted by Gasteiger charge is 2.13. The molecule has 4 rings (SSSR count). The summed E-state index contributed by atoms with van der Waals surface area (Å²) in [5.74, 6) is 0.668. The number of aliphatic imine (C=N–C) groups is 1. The average molecular weight is 398 g/mol. The van der Waals surface area contributed by atoms with Crippen LogP contribution in [0.1, 0.15) is 5.56 Å². The Morgan fingerprint density at radius 1 is 1.00 bits per heavy atom. The predicted octanol–water partition coefficient (Wildman–Crippen LogP) is 5.21. The zero-order chi connectivity index (χ0) is 20.9. The number of non-ortho nitro benzene ring substituents is 1. The molecule has 1 heterocycles. The molecular weight excluding hydrogens is 380 g/mol. The van der Waals surface area contributed by atoms with Crippen LogP contribution in [-0.4, -0.2) is 28.0 Å². The van der Waals surface area contributed by atoms with Crippen LogP contribution in [0, 0.1) is 10.1 Å². The van der Waals surface area contributed by atoms with E-state index in [0.717, 1.165) is 16.8 Å². The van der Waals surface area contributed by atoms with E-state index in [2.05, 4.69) is 4.99 Å². The molecule has 1 aromatic heterocycles. The summed E-state index contributed by atoms with van der Waals surface area (Å²) in [5, 5.41) is 15.7. The summed E-state index contributed by atoms with van der Waals surface area (Å²) in [7, 11) is 1.60. The molecule has 0 unspecified atom stereocenters. The number of hydrogen-bond donors (Lipinski definition) is 0. The first-order chi connectivity index (χ1) is 14.7. The number of nitro benzene ring substituents is 1. The molecule has 0 saturated heterocycles. The molecule has 3 aromatic carbocycles. The van der Waals surface area contributed by atoms with Crippen LogP contribution < -0.4 is 4.74 Å². The SMILES string of the molecule is COc1ccccc1N=Cc1cn(-c2ccccc2)nc1-c1ccc([N+](=O)[O-])cc1. The minimum Gasteiger partial charge on any atom is -0.494 e. The van der Waals surface area contributed by atoms with Gasteiger partial charge in [0.2, 0.25) is 0 Å². The molecule has 0 amide bonds. The van der Waals surface area contributed by atoms with Crippen LogP contribution in [0.2, 0.25) is 0 Å². The number of ether oxygens (including phenoxy) is 1. The molecule has 0 fully saturated rings. The van der Waals surface area contributed by atoms with Crippen molar-refractivity contribution in [2.45, 2.75) is 0 Å². The van der Waals surface area contributed by atoms with Crippen LogP contribution in [0.25, 0.3) is 16.9 Å². The first-order valence-electron chi connectivity index (χ1n) is 9.23. The monoisotopic (exact) mass is 398 g/mol. The summed E-state index contributed by atoms with van der Waals surface area (Å²) in [4.78, 5) is 15.1. The topological polar surface area (TPSA) is 82.5 Å². The third-order valence-electron chi connectivity index (χ3n) is 4.54. The van der Waals surface area contributed by atoms with Crippen molar-refractivity contribution in [3.05, 3.63) is 101 Å². The Morgan fingerprint density at radius 2 is 1.70 bits per heavy atom. The fraction of sp³-hybridized carbons (Fsp3) is 0.0435. The van der Waals surface area contributed by atoms with Crippen LogP contribution in [0.4, 0.5) is 11.4 Å². The number of benzene rings is 3. The number of nitrogens with zero attached hydrogens (tertiary/aromatic N) is 4. The molecule has 0 aliphatic rings. The molecule has 0 aliphatic carbocycles. The zero-order valence-corrected chi connectivity index (χ0v) is 16.2. The molecule has 4 aromatic rings. The van der Waals surface area contributed by atoms with Crippen molar-refractivity contribution >= 4 is 17.6 Å². The highest BCUT2D eigenvalue weighted by molar-refractivity contribution is 5.90. The summed E-state index contributed by atoms with van der Waals surface area (Å²) in [6, 6.07) is 23.5. The van der Waals surface area contributed by atoms with Gasteiger partial charge >= 0.3 is 0 Å². The molecule has 0 radical (unpaired) electrons. The van der Waals surface area contributed by atoms with Crippen molar-refractivity contribution in [2.75, 3.05) is 7.11 Å². The average Bonchev–Trinajstić information content (AvgIpc) is 3.23. The van der Waals surface area contributed by atoms with Gasteiger partial charge in [-0.25, -0.2) is 4.68 Å². The van der Waals surface area contributed by atoms with Crippen LogP contribution in [0.15, 0.2) is 90.1 Å². The number of nitro groups is 1. The van der Waals surface area contributed by atoms with Crippen molar-refractivity contribution < 1.29 is 9.66 Å². The zero-order valence-electron chi connectivity index (χ0n) is 16.2. The number of rotatable bonds is 6. The standard InChI is InChI=1S/C23H18N4O3/c1-30-22-10-6-5-9-21(22)24-15-18-16-26(19-7-3-2-4-8-19)25-23(18)17-11-13-20(14-12-17)27(28)29/h2-16H,1H3. The molecular formula is C23H18N4O3. The lowest BCUT2D eigenvalue weighted by atomic mass is 10.1. The van der Waals surface area contributed by atoms with Crippen LogP contribution in [-0.2, 0) is 0 Å². The maximum atomic E-state index is 11.0. The van der Waals surface area contributed by atoms with E-state index in [0.29, 0.717) is 17.1 Å². The van der Waals surface area contributed by atoms with Gasteiger partial charge in [-0.05, 0) is 36.4 Å². The maximum Gasteiger partial charge on any atom is 0.269 e. The Balaban J connectivity index is 1.78. The van der Waals surface area contributed by atoms with Crippen molar-refractivity contribution in [1.82, 2.24) is 9.78 Å². The first-order valence-corrected chi connectivity index (χ1v) is 9.23. The molecule has 0 spiro atoms. The molecule has 30 heavy (non-hydrogen) atoms. The summed E-state index contributed by atoms with van der Waals surface area (Å²) in [6.45, 7) is 0. The molecule has 0 N–H and O–H groups in total. The third kappa shape index (κ3) is 3.95. The van der Waals surface area contributed by atoms with E-state index in [1.165, 1.54) is 12.1 Å². The van der Waals surface area contributed by atoms with Gasteiger partial charge in [-0.15, -0.1) is 0 Å². The molecule has 7 nitrogen and oxygen atoms in total. The Labute approximate surface area is 173 Å². The van der Waals surface area contributed by atoms with E-state index in [1.54, 1.807) is 30.1 Å². The number of aromatic nitrogens is 2. The highest BCUT2D eigenvalue weighted by Crippen LogP contribution is 2.28. The van der Waals surface area contributed by atoms with Crippen LogP contribution >= 0.6 is 0 Å². The van der Waals surface area contributed by atoms with E-state index in [1.807, 2.05) is 60.8 Å². The Hall–Kier alpha value is -4.26. The molecule has 148 valence electrons. The fourth-order valence-electron chi connectivity index (χ4n) is 3.04. The highest BCUT2D eigenvalue weighted by atomic mass is 16.6. The molecule has 7 heteroatoms. The van der Waals surface area contributed by atoms with Gasteiger partial charge in [0, 0.05) is 35.7 Å². The number of para-hydroxylation sites is 3. The van der Waals surface area contributed by atoms with Gasteiger partial charge < -0.3 is 4.74 Å². The first kappa shape index (κ1) is 19.1. The van der Waals surface area contributed by atoms with E-state index >= 15 is 0 Å². The second-order valence-electron chi connectivity index (χ2n) is 6.45. The Bertz CT molecular complexity index is 1200. The Morgan fingerprint density at radius 3 is 2.40 bits per heavy atom. The fourth-order valence-corrected chi connectivity index (χ4v) is 3.04. The summed E-state index contributed by atoms with van der Waals surface area (Å²) in [6.07, 6.45) is 3.60. The second kappa shape index (κ2) is 8.40. The molecule has 0 atom stereocenters. The smallest absolute Gasteiger partial charge is 0.269 e. The van der Waals surface area contributed by atoms with E-state index < -0.39 is 4.92 Å². The van der Waals surface area contributed by atoms with Gasteiger partial charge in [-0.2, -0.15) is 5.10 Å². The molecule has 0 saturated carbocycles. The number of methoxy groups -OCH3 is 1. The van der Waals surface area contributed by atoms with Crippen LogP contribution in [0.3, 0.4) is 0 Å². The number of hydrogen-bond acceptors (Lipinski definition) is 5. The largest absolute Gasteiger partial charge is 0.494 e. The van der Waals surface area contributed by atoms with E-state index in [4.69, 9.17) is 9.84 Å². The van der Waals surface area contributed by atoms with Crippen molar-refractivity contribution in [3.63, 3.8) is 0 Å². The van der Waals surface area contributed by atoms with Gasteiger partial charge in [0.05, 0.1) is 17.7 Å². The second-order valence-corrected chi connectivity index (χ2v) is 6.45. The lowest BCUT2D eigenvalue weighted by Gasteiger charge is -2.03. The van der Waals surface area contributed by atoms with Crippen molar-refractivity contribution in [2.24, 2.45) is 4.99 Å². The van der Waals surface area contributed by atoms with Gasteiger partial charge in [0.25, 0.3) is 5.69 Å². The molecule has 0 bridgehead atoms. The maximum absolute atomic E-state index is 11.0. The Kier molecular flexibility index (Phi) is 5.34. The summed E-state index contributed by atoms with van der Waals surface area (Å²) in [5.41, 5.74) is 3.84. The minimum absolute atomic E-state index is 0.0329. The summed E-state index contributed by atoms with van der Waals surface area (Å²) < 4.78 is 7.12. The normalized spacial score (nSPS) is 11.0. The van der Waals surface area contributed by atoms with E-state index in [9.17, 15) is 10.1 Å². The van der Waals surface area contributed by atoms with Crippen molar-refractivity contribution in [3.8, 4) is 22.7 Å². The summed E-state index contributed by atoms with van der Waals surface area (Å²) >= 11 is 0. The van der Waals surface area contributed by atoms with Gasteiger partial charge in [0.15, 0.2) is 0 Å². The van der Waals surface area contributed by atoms with Gasteiger partial charge in [0.1, 0.15) is 17.1 Å². The predicted molar refractivity (Wildman–Crippen MR) is 116 cm³/mol. The van der Waals surface area contributed by atoms with Crippen LogP contribution in [0.5, 0.6) is 5.75 Å².